The fraction of sp³-hybridized carbons (Fsp3) is 0.293. The summed E-state index contributed by atoms with van der Waals surface area (Å²) in [4.78, 5) is 0. The van der Waals surface area contributed by atoms with Gasteiger partial charge < -0.3 is 0 Å². The van der Waals surface area contributed by atoms with Gasteiger partial charge in [-0.1, -0.05) is 0 Å². The zero-order valence-corrected chi connectivity index (χ0v) is 34.1. The van der Waals surface area contributed by atoms with E-state index < -0.39 is 34.2 Å². The first-order chi connectivity index (χ1) is 20.6. The van der Waals surface area contributed by atoms with Crippen LogP contribution in [0.2, 0.25) is 48.6 Å². The summed E-state index contributed by atoms with van der Waals surface area (Å²) in [7, 11) is -2.66. The second-order valence-corrected chi connectivity index (χ2v) is 53.5. The number of benzene rings is 4. The van der Waals surface area contributed by atoms with Crippen LogP contribution in [0.1, 0.15) is 43.5 Å². The summed E-state index contributed by atoms with van der Waals surface area (Å²) >= 11 is -3.89. The fourth-order valence-electron chi connectivity index (χ4n) is 7.84. The van der Waals surface area contributed by atoms with Crippen LogP contribution in [-0.4, -0.2) is 19.4 Å². The summed E-state index contributed by atoms with van der Waals surface area (Å²) in [5.74, 6) is 0. The molecule has 0 aliphatic heterocycles. The maximum absolute atomic E-state index is 3.89. The van der Waals surface area contributed by atoms with Crippen molar-refractivity contribution in [3.63, 3.8) is 0 Å². The topological polar surface area (TPSA) is 0 Å². The van der Waals surface area contributed by atoms with Crippen LogP contribution in [0.4, 0.5) is 0 Å². The van der Waals surface area contributed by atoms with Gasteiger partial charge in [0.15, 0.2) is 0 Å². The van der Waals surface area contributed by atoms with E-state index in [0.717, 1.165) is 0 Å². The van der Waals surface area contributed by atoms with Crippen LogP contribution in [0.3, 0.4) is 0 Å². The van der Waals surface area contributed by atoms with Crippen molar-refractivity contribution < 1.29 is 18.0 Å². The molecule has 6 rings (SSSR count). The molecule has 3 heteroatoms. The van der Waals surface area contributed by atoms with E-state index in [0.29, 0.717) is 7.35 Å². The zero-order valence-electron chi connectivity index (χ0n) is 28.5. The molecule has 0 fully saturated rings. The van der Waals surface area contributed by atoms with Gasteiger partial charge in [0.25, 0.3) is 0 Å². The molecule has 0 bridgehead atoms. The van der Waals surface area contributed by atoms with Crippen molar-refractivity contribution in [1.82, 2.24) is 0 Å². The number of hydrogen-bond acceptors (Lipinski definition) is 0. The maximum atomic E-state index is 2.74. The molecule has 2 unspecified atom stereocenters. The Morgan fingerprint density at radius 1 is 0.523 bits per heavy atom. The number of hydrogen-bond donors (Lipinski definition) is 0. The van der Waals surface area contributed by atoms with Crippen LogP contribution in [0, 0.1) is 0 Å². The third-order valence-electron chi connectivity index (χ3n) is 11.5. The average Bonchev–Trinajstić information content (AvgIpc) is 3.62. The van der Waals surface area contributed by atoms with Crippen LogP contribution in [0.25, 0.3) is 34.4 Å². The van der Waals surface area contributed by atoms with Crippen molar-refractivity contribution in [2.24, 2.45) is 0 Å². The van der Waals surface area contributed by atoms with Crippen molar-refractivity contribution in [2.45, 2.75) is 69.8 Å². The minimum absolute atomic E-state index is 0.480. The van der Waals surface area contributed by atoms with E-state index in [9.17, 15) is 0 Å². The number of allylic oxidation sites excluding steroid dienone is 2. The fourth-order valence-corrected chi connectivity index (χ4v) is 29.7. The van der Waals surface area contributed by atoms with Crippen LogP contribution in [0.5, 0.6) is 0 Å². The van der Waals surface area contributed by atoms with Crippen molar-refractivity contribution in [1.29, 1.82) is 0 Å². The summed E-state index contributed by atoms with van der Waals surface area (Å²) in [6, 6.07) is 33.1. The minimum atomic E-state index is -3.89. The van der Waals surface area contributed by atoms with Gasteiger partial charge in [-0.05, 0) is 0 Å². The Morgan fingerprint density at radius 2 is 0.886 bits per heavy atom. The Balaban J connectivity index is 1.43. The summed E-state index contributed by atoms with van der Waals surface area (Å²) < 4.78 is 8.13. The van der Waals surface area contributed by atoms with E-state index in [2.05, 4.69) is 172 Å². The van der Waals surface area contributed by atoms with E-state index in [1.54, 1.807) is 14.4 Å². The Kier molecular flexibility index (Phi) is 7.75. The standard InChI is InChI=1S/2C18H19Si.C3H6.2CH3.Hf/c2*1-19(2,3)16-12-10-15(11-13-16)18-9-5-7-14-6-4-8-17(14)18;1-3-2;;;/h2*4-13H,1-3H3;1-2H3;2*1H3;. The van der Waals surface area contributed by atoms with Gasteiger partial charge in [0.1, 0.15) is 0 Å². The van der Waals surface area contributed by atoms with E-state index >= 15 is 0 Å². The molecule has 2 aliphatic carbocycles. The van der Waals surface area contributed by atoms with Gasteiger partial charge in [-0.2, -0.15) is 0 Å². The third kappa shape index (κ3) is 5.08. The van der Waals surface area contributed by atoms with Crippen molar-refractivity contribution in [3.05, 3.63) is 119 Å². The molecule has 2 atom stereocenters. The molecular formula is C41H50HfSi2. The average molecular weight is 778 g/mol. The molecule has 4 aromatic carbocycles. The Bertz CT molecular complexity index is 1750. The molecule has 0 saturated carbocycles. The van der Waals surface area contributed by atoms with Crippen LogP contribution < -0.4 is 10.4 Å². The molecule has 0 amide bonds. The molecule has 4 aromatic rings. The monoisotopic (exact) mass is 778 g/mol. The molecule has 0 heterocycles. The molecule has 0 radical (unpaired) electrons. The predicted molar refractivity (Wildman–Crippen MR) is 201 cm³/mol. The Hall–Kier alpha value is -2.47. The van der Waals surface area contributed by atoms with Gasteiger partial charge in [0, 0.05) is 0 Å². The molecule has 0 spiro atoms. The van der Waals surface area contributed by atoms with E-state index in [1.165, 1.54) is 43.8 Å². The summed E-state index contributed by atoms with van der Waals surface area (Å²) in [5.41, 5.74) is 11.4. The van der Waals surface area contributed by atoms with Crippen molar-refractivity contribution in [2.75, 3.05) is 0 Å². The quantitative estimate of drug-likeness (QED) is 0.171. The van der Waals surface area contributed by atoms with Gasteiger partial charge in [-0.15, -0.1) is 0 Å². The Morgan fingerprint density at radius 3 is 1.20 bits per heavy atom. The molecule has 2 aliphatic rings. The van der Waals surface area contributed by atoms with Crippen molar-refractivity contribution in [3.8, 4) is 22.3 Å². The van der Waals surface area contributed by atoms with Crippen molar-refractivity contribution >= 4 is 41.9 Å². The zero-order chi connectivity index (χ0) is 31.7. The summed E-state index contributed by atoms with van der Waals surface area (Å²) in [5, 5.41) is 3.04. The van der Waals surface area contributed by atoms with E-state index in [-0.39, 0.29) is 0 Å². The van der Waals surface area contributed by atoms with Crippen LogP contribution >= 0.6 is 0 Å². The first-order valence-corrected chi connectivity index (χ1v) is 36.6. The molecule has 0 nitrogen and oxygen atoms in total. The first-order valence-electron chi connectivity index (χ1n) is 16.4. The molecule has 226 valence electrons. The van der Waals surface area contributed by atoms with Gasteiger partial charge >= 0.3 is 271 Å². The Labute approximate surface area is 269 Å². The van der Waals surface area contributed by atoms with Gasteiger partial charge in [-0.25, -0.2) is 0 Å². The van der Waals surface area contributed by atoms with E-state index in [1.807, 2.05) is 0 Å². The SMILES string of the molecule is C[C](C)=[Hf]([CH3])([CH3])([CH]1C=Cc2c(-c3ccc([Si](C)(C)C)cc3)cccc21)[CH]1C=Cc2c(-c3ccc([Si](C)(C)C)cc3)cccc21. The molecular weight excluding hydrogens is 727 g/mol. The normalized spacial score (nSPS) is 18.0. The van der Waals surface area contributed by atoms with E-state index in [4.69, 9.17) is 0 Å². The second kappa shape index (κ2) is 10.8. The van der Waals surface area contributed by atoms with Gasteiger partial charge in [-0.3, -0.25) is 0 Å². The number of rotatable bonds is 6. The van der Waals surface area contributed by atoms with Crippen LogP contribution in [0.15, 0.2) is 97.1 Å². The molecule has 0 saturated heterocycles. The predicted octanol–water partition coefficient (Wildman–Crippen LogP) is 10.9. The molecule has 0 aromatic heterocycles. The molecule has 0 N–H and O–H groups in total. The third-order valence-corrected chi connectivity index (χ3v) is 44.3. The van der Waals surface area contributed by atoms with Gasteiger partial charge in [0.2, 0.25) is 0 Å². The number of fused-ring (bicyclic) bond motifs is 2. The van der Waals surface area contributed by atoms with Gasteiger partial charge in [0.05, 0.1) is 0 Å². The second-order valence-electron chi connectivity index (χ2n) is 16.6. The van der Waals surface area contributed by atoms with Crippen LogP contribution in [-0.2, 0) is 18.0 Å². The summed E-state index contributed by atoms with van der Waals surface area (Å²) in [6.07, 6.45) is 10.1. The molecule has 44 heavy (non-hydrogen) atoms. The first kappa shape index (κ1) is 31.5. The summed E-state index contributed by atoms with van der Waals surface area (Å²) in [6.45, 7) is 19.5.